The predicted octanol–water partition coefficient (Wildman–Crippen LogP) is 1.66. The number of hydrogen-bond donors (Lipinski definition) is 1. The number of benzene rings is 1. The van der Waals surface area contributed by atoms with Gasteiger partial charge in [0.15, 0.2) is 6.20 Å². The standard InChI is InChI=1S/C12H8N4O4S/c13-7-9-1-3-10(4-2-9)15-21(19,20)11-5-6-12(14-8-11)16(17)18/h1-6,8,15H. The van der Waals surface area contributed by atoms with Crippen LogP contribution in [-0.4, -0.2) is 18.3 Å². The average Bonchev–Trinajstić information content (AvgIpc) is 2.48. The average molecular weight is 304 g/mol. The summed E-state index contributed by atoms with van der Waals surface area (Å²) in [4.78, 5) is 13.0. The van der Waals surface area contributed by atoms with Gasteiger partial charge in [-0.1, -0.05) is 0 Å². The molecule has 0 spiro atoms. The Morgan fingerprint density at radius 2 is 1.86 bits per heavy atom. The van der Waals surface area contributed by atoms with Gasteiger partial charge in [0.25, 0.3) is 10.0 Å². The normalized spacial score (nSPS) is 10.6. The highest BCUT2D eigenvalue weighted by Gasteiger charge is 2.18. The summed E-state index contributed by atoms with van der Waals surface area (Å²) in [6, 6.07) is 9.82. The molecule has 0 bridgehead atoms. The maximum atomic E-state index is 12.1. The number of nitro groups is 1. The quantitative estimate of drug-likeness (QED) is 0.676. The predicted molar refractivity (Wildman–Crippen MR) is 72.9 cm³/mol. The van der Waals surface area contributed by atoms with E-state index in [9.17, 15) is 18.5 Å². The van der Waals surface area contributed by atoms with E-state index in [1.54, 1.807) is 0 Å². The fraction of sp³-hybridized carbons (Fsp3) is 0. The smallest absolute Gasteiger partial charge is 0.358 e. The van der Waals surface area contributed by atoms with Crippen molar-refractivity contribution >= 4 is 21.5 Å². The van der Waals surface area contributed by atoms with Crippen molar-refractivity contribution in [3.63, 3.8) is 0 Å². The van der Waals surface area contributed by atoms with Gasteiger partial charge in [0.1, 0.15) is 4.90 Å². The number of anilines is 1. The van der Waals surface area contributed by atoms with E-state index in [0.717, 1.165) is 18.3 Å². The minimum atomic E-state index is -3.89. The summed E-state index contributed by atoms with van der Waals surface area (Å²) in [6.45, 7) is 0. The number of sulfonamides is 1. The molecular formula is C12H8N4O4S. The number of rotatable bonds is 4. The van der Waals surface area contributed by atoms with Crippen molar-refractivity contribution in [3.8, 4) is 6.07 Å². The summed E-state index contributed by atoms with van der Waals surface area (Å²) in [5.74, 6) is -0.438. The summed E-state index contributed by atoms with van der Waals surface area (Å²) in [5, 5.41) is 19.1. The molecule has 2 aromatic rings. The molecule has 0 aliphatic carbocycles. The summed E-state index contributed by atoms with van der Waals surface area (Å²) in [5.41, 5.74) is 0.669. The second-order valence-electron chi connectivity index (χ2n) is 3.90. The molecule has 0 unspecified atom stereocenters. The second-order valence-corrected chi connectivity index (χ2v) is 5.59. The molecule has 0 fully saturated rings. The van der Waals surface area contributed by atoms with Gasteiger partial charge in [-0.2, -0.15) is 5.26 Å². The van der Waals surface area contributed by atoms with E-state index in [4.69, 9.17) is 5.26 Å². The van der Waals surface area contributed by atoms with Gasteiger partial charge >= 0.3 is 5.82 Å². The molecule has 0 radical (unpaired) electrons. The highest BCUT2D eigenvalue weighted by atomic mass is 32.2. The molecule has 106 valence electrons. The molecule has 8 nitrogen and oxygen atoms in total. The van der Waals surface area contributed by atoms with Gasteiger partial charge in [-0.3, -0.25) is 4.72 Å². The van der Waals surface area contributed by atoms with E-state index in [2.05, 4.69) is 9.71 Å². The van der Waals surface area contributed by atoms with Gasteiger partial charge in [-0.05, 0) is 40.2 Å². The molecule has 2 rings (SSSR count). The molecule has 0 atom stereocenters. The van der Waals surface area contributed by atoms with Gasteiger partial charge in [0.05, 0.1) is 11.6 Å². The Labute approximate surface area is 119 Å². The summed E-state index contributed by atoms with van der Waals surface area (Å²) in [7, 11) is -3.89. The monoisotopic (exact) mass is 304 g/mol. The molecule has 1 heterocycles. The first-order valence-electron chi connectivity index (χ1n) is 5.56. The van der Waals surface area contributed by atoms with Crippen LogP contribution >= 0.6 is 0 Å². The third kappa shape index (κ3) is 3.31. The lowest BCUT2D eigenvalue weighted by molar-refractivity contribution is -0.389. The molecule has 1 N–H and O–H groups in total. The minimum Gasteiger partial charge on any atom is -0.358 e. The molecule has 0 saturated carbocycles. The van der Waals surface area contributed by atoms with Crippen LogP contribution < -0.4 is 4.72 Å². The zero-order valence-corrected chi connectivity index (χ0v) is 11.2. The Morgan fingerprint density at radius 3 is 2.33 bits per heavy atom. The Hall–Kier alpha value is -2.99. The Morgan fingerprint density at radius 1 is 1.19 bits per heavy atom. The first kappa shape index (κ1) is 14.4. The lowest BCUT2D eigenvalue weighted by atomic mass is 10.2. The molecule has 1 aromatic heterocycles. The van der Waals surface area contributed by atoms with Crippen LogP contribution in [0.25, 0.3) is 0 Å². The van der Waals surface area contributed by atoms with Crippen molar-refractivity contribution in [2.24, 2.45) is 0 Å². The maximum Gasteiger partial charge on any atom is 0.363 e. The third-order valence-corrected chi connectivity index (χ3v) is 3.85. The van der Waals surface area contributed by atoms with Gasteiger partial charge in [-0.25, -0.2) is 8.42 Å². The topological polar surface area (TPSA) is 126 Å². The molecule has 0 aliphatic rings. The third-order valence-electron chi connectivity index (χ3n) is 2.48. The molecule has 9 heteroatoms. The van der Waals surface area contributed by atoms with Crippen LogP contribution in [0.3, 0.4) is 0 Å². The summed E-state index contributed by atoms with van der Waals surface area (Å²) >= 11 is 0. The van der Waals surface area contributed by atoms with Crippen molar-refractivity contribution in [3.05, 3.63) is 58.3 Å². The van der Waals surface area contributed by atoms with Crippen molar-refractivity contribution in [2.45, 2.75) is 4.90 Å². The van der Waals surface area contributed by atoms with Crippen molar-refractivity contribution in [1.82, 2.24) is 4.98 Å². The van der Waals surface area contributed by atoms with E-state index in [0.29, 0.717) is 5.56 Å². The largest absolute Gasteiger partial charge is 0.363 e. The number of nitrogens with one attached hydrogen (secondary N) is 1. The fourth-order valence-corrected chi connectivity index (χ4v) is 2.47. The Balaban J connectivity index is 2.25. The van der Waals surface area contributed by atoms with Crippen LogP contribution in [-0.2, 0) is 10.0 Å². The van der Waals surface area contributed by atoms with Crippen molar-refractivity contribution < 1.29 is 13.3 Å². The van der Waals surface area contributed by atoms with Gasteiger partial charge in [0.2, 0.25) is 0 Å². The number of nitrogens with zero attached hydrogens (tertiary/aromatic N) is 3. The summed E-state index contributed by atoms with van der Waals surface area (Å²) in [6.07, 6.45) is 0.907. The van der Waals surface area contributed by atoms with E-state index in [1.165, 1.54) is 24.3 Å². The molecule has 1 aromatic carbocycles. The van der Waals surface area contributed by atoms with Crippen LogP contribution in [0.4, 0.5) is 11.5 Å². The number of pyridine rings is 1. The molecule has 0 saturated heterocycles. The Bertz CT molecular complexity index is 808. The number of aromatic nitrogens is 1. The van der Waals surface area contributed by atoms with Crippen LogP contribution in [0.2, 0.25) is 0 Å². The molecular weight excluding hydrogens is 296 g/mol. The first-order chi connectivity index (χ1) is 9.92. The number of nitriles is 1. The zero-order chi connectivity index (χ0) is 15.5. The highest BCUT2D eigenvalue weighted by molar-refractivity contribution is 7.92. The molecule has 0 aliphatic heterocycles. The lowest BCUT2D eigenvalue weighted by Crippen LogP contribution is -2.13. The van der Waals surface area contributed by atoms with Crippen LogP contribution in [0.5, 0.6) is 0 Å². The maximum absolute atomic E-state index is 12.1. The highest BCUT2D eigenvalue weighted by Crippen LogP contribution is 2.17. The number of hydrogen-bond acceptors (Lipinski definition) is 6. The zero-order valence-electron chi connectivity index (χ0n) is 10.4. The van der Waals surface area contributed by atoms with E-state index >= 15 is 0 Å². The molecule has 0 amide bonds. The van der Waals surface area contributed by atoms with Crippen molar-refractivity contribution in [2.75, 3.05) is 4.72 Å². The van der Waals surface area contributed by atoms with Crippen molar-refractivity contribution in [1.29, 1.82) is 5.26 Å². The van der Waals surface area contributed by atoms with Gasteiger partial charge in [-0.15, -0.1) is 0 Å². The SMILES string of the molecule is N#Cc1ccc(NS(=O)(=O)c2ccc([N+](=O)[O-])nc2)cc1. The minimum absolute atomic E-state index is 0.197. The van der Waals surface area contributed by atoms with E-state index in [1.807, 2.05) is 6.07 Å². The van der Waals surface area contributed by atoms with Crippen LogP contribution in [0, 0.1) is 21.4 Å². The van der Waals surface area contributed by atoms with Gasteiger partial charge < -0.3 is 10.1 Å². The first-order valence-corrected chi connectivity index (χ1v) is 7.04. The van der Waals surface area contributed by atoms with E-state index < -0.39 is 20.8 Å². The lowest BCUT2D eigenvalue weighted by Gasteiger charge is -2.06. The van der Waals surface area contributed by atoms with Gasteiger partial charge in [0, 0.05) is 11.8 Å². The van der Waals surface area contributed by atoms with Crippen LogP contribution in [0.1, 0.15) is 5.56 Å². The Kier molecular flexibility index (Phi) is 3.82. The van der Waals surface area contributed by atoms with Crippen LogP contribution in [0.15, 0.2) is 47.5 Å². The second kappa shape index (κ2) is 5.56. The summed E-state index contributed by atoms with van der Waals surface area (Å²) < 4.78 is 26.4. The molecule has 21 heavy (non-hydrogen) atoms. The van der Waals surface area contributed by atoms with E-state index in [-0.39, 0.29) is 10.6 Å². The fourth-order valence-electron chi connectivity index (χ4n) is 1.47.